The smallest absolute Gasteiger partial charge is 0.227 e. The van der Waals surface area contributed by atoms with E-state index in [0.717, 1.165) is 17.5 Å². The predicted octanol–water partition coefficient (Wildman–Crippen LogP) is 3.36. The highest BCUT2D eigenvalue weighted by atomic mass is 16.5. The van der Waals surface area contributed by atoms with E-state index in [4.69, 9.17) is 9.84 Å². The molecule has 0 aromatic heterocycles. The van der Waals surface area contributed by atoms with Gasteiger partial charge >= 0.3 is 0 Å². The molecule has 2 aromatic rings. The van der Waals surface area contributed by atoms with Crippen LogP contribution < -0.4 is 5.32 Å². The van der Waals surface area contributed by atoms with Crippen LogP contribution >= 0.6 is 0 Å². The summed E-state index contributed by atoms with van der Waals surface area (Å²) in [6.45, 7) is 4.62. The van der Waals surface area contributed by atoms with Crippen molar-refractivity contribution in [2.24, 2.45) is 0 Å². The molecular weight excluding hydrogens is 314 g/mol. The normalized spacial score (nSPS) is 13.2. The summed E-state index contributed by atoms with van der Waals surface area (Å²) in [7, 11) is 0. The van der Waals surface area contributed by atoms with Gasteiger partial charge in [-0.2, -0.15) is 0 Å². The quantitative estimate of drug-likeness (QED) is 0.735. The molecule has 0 fully saturated rings. The lowest BCUT2D eigenvalue weighted by Crippen LogP contribution is -2.33. The van der Waals surface area contributed by atoms with Crippen LogP contribution in [0.2, 0.25) is 0 Å². The Morgan fingerprint density at radius 2 is 1.76 bits per heavy atom. The van der Waals surface area contributed by atoms with E-state index in [9.17, 15) is 4.79 Å². The molecule has 134 valence electrons. The van der Waals surface area contributed by atoms with Crippen molar-refractivity contribution >= 4 is 5.91 Å². The lowest BCUT2D eigenvalue weighted by atomic mass is 9.95. The number of ether oxygens (including phenoxy) is 1. The summed E-state index contributed by atoms with van der Waals surface area (Å²) >= 11 is 0. The molecule has 0 aliphatic heterocycles. The number of amides is 1. The minimum absolute atomic E-state index is 0.00147. The minimum atomic E-state index is -0.273. The van der Waals surface area contributed by atoms with Crippen LogP contribution in [-0.4, -0.2) is 30.8 Å². The Kier molecular flexibility index (Phi) is 7.64. The first-order valence-electron chi connectivity index (χ1n) is 8.77. The number of carbonyl (C=O) groups excluding carboxylic acids is 1. The average molecular weight is 341 g/mol. The fraction of sp³-hybridized carbons (Fsp3) is 0.381. The number of nitrogens with one attached hydrogen (secondary N) is 1. The lowest BCUT2D eigenvalue weighted by Gasteiger charge is -2.21. The zero-order valence-corrected chi connectivity index (χ0v) is 14.9. The van der Waals surface area contributed by atoms with Crippen molar-refractivity contribution in [2.75, 3.05) is 19.8 Å². The largest absolute Gasteiger partial charge is 0.394 e. The number of aliphatic hydroxyl groups is 1. The Morgan fingerprint density at radius 1 is 1.08 bits per heavy atom. The van der Waals surface area contributed by atoms with E-state index in [0.29, 0.717) is 6.54 Å². The van der Waals surface area contributed by atoms with Gasteiger partial charge in [-0.05, 0) is 24.5 Å². The minimum Gasteiger partial charge on any atom is -0.394 e. The molecule has 2 rings (SSSR count). The van der Waals surface area contributed by atoms with E-state index in [-0.39, 0.29) is 31.1 Å². The second-order valence-electron chi connectivity index (χ2n) is 6.11. The molecule has 0 saturated heterocycles. The van der Waals surface area contributed by atoms with Crippen LogP contribution in [0.1, 0.15) is 42.1 Å². The SMILES string of the molecule is CCC(C(=O)NCC(OCCO)c1ccc(C)cc1)c1ccccc1. The predicted molar refractivity (Wildman–Crippen MR) is 99.4 cm³/mol. The maximum atomic E-state index is 12.6. The van der Waals surface area contributed by atoms with Crippen LogP contribution in [0.4, 0.5) is 0 Å². The van der Waals surface area contributed by atoms with Crippen molar-refractivity contribution in [3.63, 3.8) is 0 Å². The summed E-state index contributed by atoms with van der Waals surface area (Å²) < 4.78 is 5.72. The van der Waals surface area contributed by atoms with Crippen molar-refractivity contribution < 1.29 is 14.6 Å². The number of rotatable bonds is 9. The first-order chi connectivity index (χ1) is 12.2. The number of aliphatic hydroxyl groups excluding tert-OH is 1. The zero-order valence-electron chi connectivity index (χ0n) is 14.9. The average Bonchev–Trinajstić information content (AvgIpc) is 2.64. The van der Waals surface area contributed by atoms with Crippen LogP contribution in [0.15, 0.2) is 54.6 Å². The molecule has 0 spiro atoms. The second kappa shape index (κ2) is 9.97. The van der Waals surface area contributed by atoms with Gasteiger partial charge in [-0.15, -0.1) is 0 Å². The summed E-state index contributed by atoms with van der Waals surface area (Å²) in [5.74, 6) is -0.170. The Hall–Kier alpha value is -2.17. The highest BCUT2D eigenvalue weighted by Gasteiger charge is 2.20. The Labute approximate surface area is 149 Å². The molecule has 0 radical (unpaired) electrons. The van der Waals surface area contributed by atoms with Gasteiger partial charge in [-0.25, -0.2) is 0 Å². The molecule has 0 saturated carbocycles. The summed E-state index contributed by atoms with van der Waals surface area (Å²) in [4.78, 5) is 12.6. The maximum Gasteiger partial charge on any atom is 0.227 e. The first-order valence-corrected chi connectivity index (χ1v) is 8.77. The van der Waals surface area contributed by atoms with E-state index < -0.39 is 0 Å². The monoisotopic (exact) mass is 341 g/mol. The number of aryl methyl sites for hydroxylation is 1. The van der Waals surface area contributed by atoms with Crippen molar-refractivity contribution in [1.29, 1.82) is 0 Å². The van der Waals surface area contributed by atoms with Gasteiger partial charge in [-0.1, -0.05) is 67.1 Å². The molecule has 2 unspecified atom stereocenters. The maximum absolute atomic E-state index is 12.6. The standard InChI is InChI=1S/C21H27NO3/c1-3-19(17-7-5-4-6-8-17)21(24)22-15-20(25-14-13-23)18-11-9-16(2)10-12-18/h4-12,19-20,23H,3,13-15H2,1-2H3,(H,22,24). The molecule has 0 aliphatic rings. The Balaban J connectivity index is 2.03. The van der Waals surface area contributed by atoms with E-state index in [1.807, 2.05) is 68.4 Å². The summed E-state index contributed by atoms with van der Waals surface area (Å²) in [5, 5.41) is 12.1. The number of hydrogen-bond donors (Lipinski definition) is 2. The fourth-order valence-corrected chi connectivity index (χ4v) is 2.82. The molecule has 4 nitrogen and oxygen atoms in total. The van der Waals surface area contributed by atoms with Crippen LogP contribution in [0.25, 0.3) is 0 Å². The van der Waals surface area contributed by atoms with Crippen molar-refractivity contribution in [2.45, 2.75) is 32.3 Å². The van der Waals surface area contributed by atoms with Gasteiger partial charge in [0.05, 0.1) is 25.2 Å². The molecule has 1 amide bonds. The molecule has 2 aromatic carbocycles. The van der Waals surface area contributed by atoms with E-state index in [1.54, 1.807) is 0 Å². The molecule has 4 heteroatoms. The van der Waals surface area contributed by atoms with Gasteiger partial charge in [0.25, 0.3) is 0 Å². The van der Waals surface area contributed by atoms with Gasteiger partial charge in [0.2, 0.25) is 5.91 Å². The van der Waals surface area contributed by atoms with Crippen molar-refractivity contribution in [1.82, 2.24) is 5.32 Å². The third kappa shape index (κ3) is 5.69. The molecule has 25 heavy (non-hydrogen) atoms. The van der Waals surface area contributed by atoms with Gasteiger partial charge < -0.3 is 15.2 Å². The lowest BCUT2D eigenvalue weighted by molar-refractivity contribution is -0.123. The highest BCUT2D eigenvalue weighted by molar-refractivity contribution is 5.83. The van der Waals surface area contributed by atoms with Gasteiger partial charge in [0.1, 0.15) is 0 Å². The molecule has 2 atom stereocenters. The van der Waals surface area contributed by atoms with Crippen molar-refractivity contribution in [3.8, 4) is 0 Å². The number of benzene rings is 2. The van der Waals surface area contributed by atoms with E-state index in [2.05, 4.69) is 5.32 Å². The fourth-order valence-electron chi connectivity index (χ4n) is 2.82. The van der Waals surface area contributed by atoms with Gasteiger partial charge in [0, 0.05) is 6.54 Å². The molecule has 2 N–H and O–H groups in total. The van der Waals surface area contributed by atoms with Crippen LogP contribution in [0.3, 0.4) is 0 Å². The summed E-state index contributed by atoms with van der Waals surface area (Å²) in [5.41, 5.74) is 3.18. The molecule has 0 bridgehead atoms. The molecule has 0 heterocycles. The van der Waals surface area contributed by atoms with Gasteiger partial charge in [-0.3, -0.25) is 4.79 Å². The molecular formula is C21H27NO3. The number of hydrogen-bond acceptors (Lipinski definition) is 3. The third-order valence-corrected chi connectivity index (χ3v) is 4.25. The third-order valence-electron chi connectivity index (χ3n) is 4.25. The van der Waals surface area contributed by atoms with Gasteiger partial charge in [0.15, 0.2) is 0 Å². The van der Waals surface area contributed by atoms with Crippen LogP contribution in [0.5, 0.6) is 0 Å². The van der Waals surface area contributed by atoms with E-state index >= 15 is 0 Å². The summed E-state index contributed by atoms with van der Waals surface area (Å²) in [6, 6.07) is 17.8. The van der Waals surface area contributed by atoms with Crippen LogP contribution in [-0.2, 0) is 9.53 Å². The zero-order chi connectivity index (χ0) is 18.1. The Bertz CT molecular complexity index is 640. The van der Waals surface area contributed by atoms with E-state index in [1.165, 1.54) is 5.56 Å². The van der Waals surface area contributed by atoms with Crippen molar-refractivity contribution in [3.05, 3.63) is 71.3 Å². The topological polar surface area (TPSA) is 58.6 Å². The second-order valence-corrected chi connectivity index (χ2v) is 6.11. The molecule has 0 aliphatic carbocycles. The number of carbonyl (C=O) groups is 1. The summed E-state index contributed by atoms with van der Waals surface area (Å²) in [6.07, 6.45) is 0.465. The Morgan fingerprint density at radius 3 is 2.36 bits per heavy atom. The first kappa shape index (κ1) is 19.2. The van der Waals surface area contributed by atoms with Crippen LogP contribution in [0, 0.1) is 6.92 Å². The highest BCUT2D eigenvalue weighted by Crippen LogP contribution is 2.21.